The lowest BCUT2D eigenvalue weighted by atomic mass is 9.89. The molecule has 1 fully saturated rings. The average Bonchev–Trinajstić information content (AvgIpc) is 2.97. The number of ketones is 1. The van der Waals surface area contributed by atoms with Crippen LogP contribution in [0.5, 0.6) is 0 Å². The smallest absolute Gasteiger partial charge is 0.411 e. The lowest BCUT2D eigenvalue weighted by Crippen LogP contribution is -2.52. The average molecular weight is 360 g/mol. The van der Waals surface area contributed by atoms with Crippen LogP contribution in [0.15, 0.2) is 24.3 Å². The fraction of sp³-hybridized carbons (Fsp3) is 0.619. The molecule has 1 saturated heterocycles. The highest BCUT2D eigenvalue weighted by molar-refractivity contribution is 5.91. The molecular weight excluding hydrogens is 328 g/mol. The van der Waals surface area contributed by atoms with Gasteiger partial charge in [0.25, 0.3) is 0 Å². The fourth-order valence-corrected chi connectivity index (χ4v) is 3.43. The van der Waals surface area contributed by atoms with Crippen LogP contribution in [0.4, 0.5) is 4.79 Å². The van der Waals surface area contributed by atoms with Crippen LogP contribution in [0, 0.1) is 0 Å². The molecule has 5 heteroatoms. The predicted molar refractivity (Wildman–Crippen MR) is 103 cm³/mol. The van der Waals surface area contributed by atoms with Crippen LogP contribution in [0.1, 0.15) is 64.5 Å². The Morgan fingerprint density at radius 3 is 2.38 bits per heavy atom. The van der Waals surface area contributed by atoms with Gasteiger partial charge in [-0.3, -0.25) is 9.69 Å². The number of carbonyl (C=O) groups is 2. The molecule has 1 atom stereocenters. The van der Waals surface area contributed by atoms with Crippen molar-refractivity contribution in [3.63, 3.8) is 0 Å². The van der Waals surface area contributed by atoms with Crippen molar-refractivity contribution in [1.82, 2.24) is 4.90 Å². The minimum Gasteiger partial charge on any atom is -0.444 e. The van der Waals surface area contributed by atoms with E-state index in [4.69, 9.17) is 10.5 Å². The van der Waals surface area contributed by atoms with Crippen molar-refractivity contribution < 1.29 is 14.3 Å². The summed E-state index contributed by atoms with van der Waals surface area (Å²) in [5, 5.41) is 0. The zero-order chi connectivity index (χ0) is 19.4. The molecule has 0 saturated carbocycles. The molecule has 1 amide bonds. The molecule has 1 aliphatic rings. The van der Waals surface area contributed by atoms with Gasteiger partial charge in [0.15, 0.2) is 5.78 Å². The molecule has 144 valence electrons. The molecule has 0 bridgehead atoms. The second-order valence-corrected chi connectivity index (χ2v) is 8.31. The van der Waals surface area contributed by atoms with E-state index in [1.165, 1.54) is 5.56 Å². The highest BCUT2D eigenvalue weighted by Gasteiger charge is 2.46. The number of nitrogens with zero attached hydrogens (tertiary/aromatic N) is 1. The van der Waals surface area contributed by atoms with Gasteiger partial charge in [0.05, 0.1) is 0 Å². The molecular formula is C21H32N2O3. The Balaban J connectivity index is 1.92. The number of rotatable bonds is 6. The maximum atomic E-state index is 12.9. The van der Waals surface area contributed by atoms with Crippen LogP contribution in [0.25, 0.3) is 0 Å². The molecule has 0 spiro atoms. The van der Waals surface area contributed by atoms with E-state index in [9.17, 15) is 9.59 Å². The zero-order valence-electron chi connectivity index (χ0n) is 16.5. The van der Waals surface area contributed by atoms with E-state index in [2.05, 4.69) is 12.1 Å². The van der Waals surface area contributed by atoms with Gasteiger partial charge in [0.2, 0.25) is 0 Å². The normalized spacial score (nSPS) is 20.3. The lowest BCUT2D eigenvalue weighted by Gasteiger charge is -2.35. The first-order valence-corrected chi connectivity index (χ1v) is 9.47. The quantitative estimate of drug-likeness (QED) is 0.837. The third kappa shape index (κ3) is 5.07. The summed E-state index contributed by atoms with van der Waals surface area (Å²) in [6.07, 6.45) is 3.24. The van der Waals surface area contributed by atoms with Crippen LogP contribution < -0.4 is 5.73 Å². The number of hydrogen-bond donors (Lipinski definition) is 1. The second-order valence-electron chi connectivity index (χ2n) is 8.31. The van der Waals surface area contributed by atoms with Crippen molar-refractivity contribution in [2.45, 2.75) is 77.5 Å². The largest absolute Gasteiger partial charge is 0.444 e. The van der Waals surface area contributed by atoms with Crippen LogP contribution >= 0.6 is 0 Å². The van der Waals surface area contributed by atoms with Gasteiger partial charge in [-0.05, 0) is 64.5 Å². The Hall–Kier alpha value is -1.88. The summed E-state index contributed by atoms with van der Waals surface area (Å²) in [7, 11) is 0. The molecule has 0 unspecified atom stereocenters. The predicted octanol–water partition coefficient (Wildman–Crippen LogP) is 3.83. The number of carbonyl (C=O) groups excluding carboxylic acids is 2. The van der Waals surface area contributed by atoms with E-state index in [0.717, 1.165) is 24.8 Å². The van der Waals surface area contributed by atoms with Gasteiger partial charge in [0, 0.05) is 19.5 Å². The topological polar surface area (TPSA) is 72.6 Å². The number of ether oxygens (including phenoxy) is 1. The molecule has 2 N–H and O–H groups in total. The highest BCUT2D eigenvalue weighted by atomic mass is 16.6. The first-order chi connectivity index (χ1) is 12.2. The summed E-state index contributed by atoms with van der Waals surface area (Å²) in [5.41, 5.74) is 6.62. The van der Waals surface area contributed by atoms with Crippen LogP contribution in [-0.2, 0) is 22.5 Å². The van der Waals surface area contributed by atoms with Crippen LogP contribution in [-0.4, -0.2) is 34.5 Å². The van der Waals surface area contributed by atoms with Gasteiger partial charge in [-0.2, -0.15) is 0 Å². The Morgan fingerprint density at radius 1 is 1.19 bits per heavy atom. The summed E-state index contributed by atoms with van der Waals surface area (Å²) >= 11 is 0. The van der Waals surface area contributed by atoms with E-state index in [1.807, 2.05) is 39.8 Å². The molecule has 0 aromatic heterocycles. The fourth-order valence-electron chi connectivity index (χ4n) is 3.43. The van der Waals surface area contributed by atoms with Gasteiger partial charge in [-0.15, -0.1) is 0 Å². The minimum atomic E-state index is -0.744. The van der Waals surface area contributed by atoms with Crippen molar-refractivity contribution in [3.05, 3.63) is 35.4 Å². The SMILES string of the molecule is CC(C)(C)OC(=O)N1CCC[C@@]1(C)C(=O)CCCc1ccc(CN)cc1. The summed E-state index contributed by atoms with van der Waals surface area (Å²) in [5.74, 6) is 0.124. The standard InChI is InChI=1S/C21H32N2O3/c1-20(2,3)26-19(25)23-14-6-13-21(23,4)18(24)8-5-7-16-9-11-17(15-22)12-10-16/h9-12H,5-8,13-15,22H2,1-4H3/t21-/m0/s1. The number of hydrogen-bond acceptors (Lipinski definition) is 4. The molecule has 2 rings (SSSR count). The number of Topliss-reactive ketones (excluding diaryl/α,β-unsaturated/α-hetero) is 1. The number of benzene rings is 1. The van der Waals surface area contributed by atoms with E-state index >= 15 is 0 Å². The summed E-state index contributed by atoms with van der Waals surface area (Å²) in [6, 6.07) is 8.19. The first kappa shape index (κ1) is 20.4. The van der Waals surface area contributed by atoms with Crippen molar-refractivity contribution in [1.29, 1.82) is 0 Å². The molecule has 1 aromatic rings. The van der Waals surface area contributed by atoms with Crippen molar-refractivity contribution in [2.24, 2.45) is 5.73 Å². The van der Waals surface area contributed by atoms with Crippen molar-refractivity contribution >= 4 is 11.9 Å². The van der Waals surface area contributed by atoms with E-state index in [1.54, 1.807) is 4.90 Å². The van der Waals surface area contributed by atoms with Crippen molar-refractivity contribution in [3.8, 4) is 0 Å². The second kappa shape index (κ2) is 8.21. The van der Waals surface area contributed by atoms with E-state index in [-0.39, 0.29) is 11.9 Å². The monoisotopic (exact) mass is 360 g/mol. The number of likely N-dealkylation sites (tertiary alicyclic amines) is 1. The molecule has 1 aliphatic heterocycles. The maximum absolute atomic E-state index is 12.9. The lowest BCUT2D eigenvalue weighted by molar-refractivity contribution is -0.128. The third-order valence-electron chi connectivity index (χ3n) is 4.98. The van der Waals surface area contributed by atoms with Crippen molar-refractivity contribution in [2.75, 3.05) is 6.54 Å². The number of aryl methyl sites for hydroxylation is 1. The van der Waals surface area contributed by atoms with Gasteiger partial charge in [0.1, 0.15) is 11.1 Å². The Kier molecular flexibility index (Phi) is 6.45. The Labute approximate surface area is 156 Å². The zero-order valence-corrected chi connectivity index (χ0v) is 16.5. The van der Waals surface area contributed by atoms with E-state index < -0.39 is 11.1 Å². The molecule has 1 heterocycles. The Bertz CT molecular complexity index is 634. The summed E-state index contributed by atoms with van der Waals surface area (Å²) in [6.45, 7) is 8.53. The first-order valence-electron chi connectivity index (χ1n) is 9.47. The molecule has 0 aliphatic carbocycles. The minimum absolute atomic E-state index is 0.124. The van der Waals surface area contributed by atoms with E-state index in [0.29, 0.717) is 25.9 Å². The van der Waals surface area contributed by atoms with Crippen LogP contribution in [0.3, 0.4) is 0 Å². The van der Waals surface area contributed by atoms with Crippen LogP contribution in [0.2, 0.25) is 0 Å². The van der Waals surface area contributed by atoms with Gasteiger partial charge in [-0.25, -0.2) is 4.79 Å². The molecule has 5 nitrogen and oxygen atoms in total. The summed E-state index contributed by atoms with van der Waals surface area (Å²) < 4.78 is 5.49. The molecule has 0 radical (unpaired) electrons. The van der Waals surface area contributed by atoms with Gasteiger partial charge < -0.3 is 10.5 Å². The number of nitrogens with two attached hydrogens (primary N) is 1. The number of amides is 1. The molecule has 1 aromatic carbocycles. The van der Waals surface area contributed by atoms with Gasteiger partial charge in [-0.1, -0.05) is 24.3 Å². The summed E-state index contributed by atoms with van der Waals surface area (Å²) in [4.78, 5) is 27.0. The third-order valence-corrected chi connectivity index (χ3v) is 4.98. The molecule has 26 heavy (non-hydrogen) atoms. The van der Waals surface area contributed by atoms with Gasteiger partial charge >= 0.3 is 6.09 Å². The Morgan fingerprint density at radius 2 is 1.81 bits per heavy atom. The maximum Gasteiger partial charge on any atom is 0.411 e. The highest BCUT2D eigenvalue weighted by Crippen LogP contribution is 2.33.